The van der Waals surface area contributed by atoms with Gasteiger partial charge in [0.1, 0.15) is 11.6 Å². The Morgan fingerprint density at radius 1 is 1.31 bits per heavy atom. The summed E-state index contributed by atoms with van der Waals surface area (Å²) in [6.07, 6.45) is 2.03. The number of methoxy groups -OCH3 is 1. The summed E-state index contributed by atoms with van der Waals surface area (Å²) in [5, 5.41) is 12.4. The lowest BCUT2D eigenvalue weighted by atomic mass is 10.2. The summed E-state index contributed by atoms with van der Waals surface area (Å²) >= 11 is 0. The third-order valence-corrected chi connectivity index (χ3v) is 2.22. The van der Waals surface area contributed by atoms with E-state index in [1.807, 2.05) is 0 Å². The number of hydrogen-bond donors (Lipinski definition) is 2. The lowest BCUT2D eigenvalue weighted by Gasteiger charge is -2.05. The first-order valence-electron chi connectivity index (χ1n) is 5.40. The van der Waals surface area contributed by atoms with Gasteiger partial charge in [0.15, 0.2) is 0 Å². The monoisotopic (exact) mass is 227 g/mol. The Bertz CT molecular complexity index is 298. The maximum atomic E-state index is 12.9. The highest BCUT2D eigenvalue weighted by atomic mass is 19.1. The van der Waals surface area contributed by atoms with Crippen molar-refractivity contribution < 1.29 is 14.2 Å². The molecule has 0 aromatic heterocycles. The maximum absolute atomic E-state index is 12.9. The minimum atomic E-state index is -0.406. The Kier molecular flexibility index (Phi) is 5.82. The van der Waals surface area contributed by atoms with Crippen LogP contribution in [-0.2, 0) is 11.3 Å². The summed E-state index contributed by atoms with van der Waals surface area (Å²) in [5.41, 5.74) is 0.754. The molecule has 0 heterocycles. The summed E-state index contributed by atoms with van der Waals surface area (Å²) < 4.78 is 17.8. The molecule has 0 aliphatic heterocycles. The number of rotatable bonds is 7. The topological polar surface area (TPSA) is 41.5 Å². The number of hydrogen-bond acceptors (Lipinski definition) is 3. The highest BCUT2D eigenvalue weighted by Gasteiger charge is 1.99. The lowest BCUT2D eigenvalue weighted by Crippen LogP contribution is -2.15. The van der Waals surface area contributed by atoms with Crippen LogP contribution < -0.4 is 5.32 Å². The number of aromatic hydroxyl groups is 1. The first kappa shape index (κ1) is 12.9. The Labute approximate surface area is 95.2 Å². The van der Waals surface area contributed by atoms with E-state index in [1.54, 1.807) is 13.2 Å². The zero-order valence-corrected chi connectivity index (χ0v) is 9.50. The summed E-state index contributed by atoms with van der Waals surface area (Å²) in [6.45, 7) is 2.20. The van der Waals surface area contributed by atoms with E-state index in [2.05, 4.69) is 5.32 Å². The number of benzene rings is 1. The third-order valence-electron chi connectivity index (χ3n) is 2.22. The molecule has 1 aromatic carbocycles. The molecule has 4 heteroatoms. The average Bonchev–Trinajstić information content (AvgIpc) is 2.22. The molecule has 0 fully saturated rings. The molecule has 0 unspecified atom stereocenters. The van der Waals surface area contributed by atoms with Gasteiger partial charge in [0.25, 0.3) is 0 Å². The van der Waals surface area contributed by atoms with Gasteiger partial charge in [0.05, 0.1) is 0 Å². The number of phenolic OH excluding ortho intramolecular Hbond substituents is 1. The average molecular weight is 227 g/mol. The van der Waals surface area contributed by atoms with Gasteiger partial charge in [-0.3, -0.25) is 0 Å². The molecule has 0 aliphatic carbocycles. The summed E-state index contributed by atoms with van der Waals surface area (Å²) in [5.74, 6) is -0.438. The van der Waals surface area contributed by atoms with Crippen molar-refractivity contribution >= 4 is 0 Å². The number of nitrogens with one attached hydrogen (secondary N) is 1. The molecule has 16 heavy (non-hydrogen) atoms. The normalized spacial score (nSPS) is 10.6. The third kappa shape index (κ3) is 5.09. The van der Waals surface area contributed by atoms with Crippen LogP contribution in [0, 0.1) is 5.82 Å². The van der Waals surface area contributed by atoms with Crippen LogP contribution in [0.25, 0.3) is 0 Å². The van der Waals surface area contributed by atoms with Gasteiger partial charge >= 0.3 is 0 Å². The van der Waals surface area contributed by atoms with Crippen molar-refractivity contribution in [3.05, 3.63) is 29.6 Å². The molecule has 0 aliphatic rings. The van der Waals surface area contributed by atoms with Crippen LogP contribution in [0.1, 0.15) is 18.4 Å². The molecular formula is C12H18FNO2. The first-order valence-corrected chi connectivity index (χ1v) is 5.40. The van der Waals surface area contributed by atoms with E-state index in [-0.39, 0.29) is 5.75 Å². The van der Waals surface area contributed by atoms with Crippen LogP contribution in [-0.4, -0.2) is 25.4 Å². The fraction of sp³-hybridized carbons (Fsp3) is 0.500. The largest absolute Gasteiger partial charge is 0.508 e. The summed E-state index contributed by atoms with van der Waals surface area (Å²) in [4.78, 5) is 0. The molecule has 0 saturated heterocycles. The lowest BCUT2D eigenvalue weighted by molar-refractivity contribution is 0.192. The van der Waals surface area contributed by atoms with Gasteiger partial charge in [-0.05, 0) is 37.1 Å². The van der Waals surface area contributed by atoms with E-state index < -0.39 is 5.82 Å². The maximum Gasteiger partial charge on any atom is 0.127 e. The molecule has 0 amide bonds. The van der Waals surface area contributed by atoms with Crippen LogP contribution in [0.5, 0.6) is 5.75 Å². The van der Waals surface area contributed by atoms with E-state index >= 15 is 0 Å². The molecule has 0 saturated carbocycles. The zero-order valence-electron chi connectivity index (χ0n) is 9.50. The Morgan fingerprint density at radius 3 is 2.81 bits per heavy atom. The molecule has 0 radical (unpaired) electrons. The van der Waals surface area contributed by atoms with Crippen LogP contribution in [0.3, 0.4) is 0 Å². The predicted octanol–water partition coefficient (Wildman–Crippen LogP) is 2.05. The van der Waals surface area contributed by atoms with Crippen molar-refractivity contribution in [3.8, 4) is 5.75 Å². The molecule has 90 valence electrons. The second kappa shape index (κ2) is 7.19. The molecule has 2 N–H and O–H groups in total. The second-order valence-corrected chi connectivity index (χ2v) is 3.69. The van der Waals surface area contributed by atoms with Crippen molar-refractivity contribution in [2.45, 2.75) is 19.4 Å². The van der Waals surface area contributed by atoms with Crippen LogP contribution in [0.2, 0.25) is 0 Å². The van der Waals surface area contributed by atoms with E-state index in [1.165, 1.54) is 6.07 Å². The van der Waals surface area contributed by atoms with Crippen molar-refractivity contribution in [1.82, 2.24) is 5.32 Å². The standard InChI is InChI=1S/C12H18FNO2/c1-16-5-3-2-4-14-9-10-6-11(13)8-12(15)7-10/h6-8,14-15H,2-5,9H2,1H3. The quantitative estimate of drug-likeness (QED) is 0.700. The second-order valence-electron chi connectivity index (χ2n) is 3.69. The van der Waals surface area contributed by atoms with E-state index in [4.69, 9.17) is 4.74 Å². The highest BCUT2D eigenvalue weighted by Crippen LogP contribution is 2.14. The molecule has 3 nitrogen and oxygen atoms in total. The fourth-order valence-corrected chi connectivity index (χ4v) is 1.46. The van der Waals surface area contributed by atoms with Crippen molar-refractivity contribution in [2.24, 2.45) is 0 Å². The smallest absolute Gasteiger partial charge is 0.127 e. The minimum absolute atomic E-state index is 0.0313. The van der Waals surface area contributed by atoms with Crippen LogP contribution in [0.4, 0.5) is 4.39 Å². The van der Waals surface area contributed by atoms with Gasteiger partial charge in [-0.1, -0.05) is 0 Å². The highest BCUT2D eigenvalue weighted by molar-refractivity contribution is 5.28. The number of halogens is 1. The van der Waals surface area contributed by atoms with Crippen molar-refractivity contribution in [1.29, 1.82) is 0 Å². The zero-order chi connectivity index (χ0) is 11.8. The van der Waals surface area contributed by atoms with Gasteiger partial charge in [-0.25, -0.2) is 4.39 Å². The van der Waals surface area contributed by atoms with Gasteiger partial charge in [-0.2, -0.15) is 0 Å². The molecule has 1 rings (SSSR count). The molecule has 0 spiro atoms. The molecular weight excluding hydrogens is 209 g/mol. The van der Waals surface area contributed by atoms with Gasteiger partial charge in [-0.15, -0.1) is 0 Å². The van der Waals surface area contributed by atoms with Crippen LogP contribution in [0.15, 0.2) is 18.2 Å². The Hall–Kier alpha value is -1.13. The number of ether oxygens (including phenoxy) is 1. The number of unbranched alkanes of at least 4 members (excludes halogenated alkanes) is 1. The van der Waals surface area contributed by atoms with Gasteiger partial charge in [0.2, 0.25) is 0 Å². The van der Waals surface area contributed by atoms with Gasteiger partial charge < -0.3 is 15.2 Å². The first-order chi connectivity index (χ1) is 7.72. The predicted molar refractivity (Wildman–Crippen MR) is 60.9 cm³/mol. The Morgan fingerprint density at radius 2 is 2.12 bits per heavy atom. The van der Waals surface area contributed by atoms with E-state index in [0.717, 1.165) is 37.6 Å². The van der Waals surface area contributed by atoms with E-state index in [0.29, 0.717) is 6.54 Å². The van der Waals surface area contributed by atoms with Crippen molar-refractivity contribution in [2.75, 3.05) is 20.3 Å². The fourth-order valence-electron chi connectivity index (χ4n) is 1.46. The summed E-state index contributed by atoms with van der Waals surface area (Å²) in [7, 11) is 1.68. The Balaban J connectivity index is 2.21. The van der Waals surface area contributed by atoms with Crippen molar-refractivity contribution in [3.63, 3.8) is 0 Å². The van der Waals surface area contributed by atoms with E-state index in [9.17, 15) is 9.50 Å². The molecule has 1 aromatic rings. The molecule has 0 atom stereocenters. The van der Waals surface area contributed by atoms with Crippen LogP contribution >= 0.6 is 0 Å². The van der Waals surface area contributed by atoms with Gasteiger partial charge in [0, 0.05) is 26.3 Å². The minimum Gasteiger partial charge on any atom is -0.508 e. The number of phenols is 1. The SMILES string of the molecule is COCCCCNCc1cc(O)cc(F)c1. The summed E-state index contributed by atoms with van der Waals surface area (Å²) in [6, 6.07) is 4.08. The molecule has 0 bridgehead atoms.